The Hall–Kier alpha value is -1.54. The summed E-state index contributed by atoms with van der Waals surface area (Å²) in [5, 5.41) is 40.7. The van der Waals surface area contributed by atoms with Gasteiger partial charge in [0.25, 0.3) is 5.69 Å². The number of non-ortho nitro benzene ring substituents is 1. The van der Waals surface area contributed by atoms with Crippen LogP contribution >= 0.6 is 0 Å². The summed E-state index contributed by atoms with van der Waals surface area (Å²) < 4.78 is 0. The maximum atomic E-state index is 10.4. The molecule has 4 N–H and O–H groups in total. The Morgan fingerprint density at radius 3 is 2.22 bits per heavy atom. The second-order valence-electron chi connectivity index (χ2n) is 3.83. The second-order valence-corrected chi connectivity index (χ2v) is 3.83. The van der Waals surface area contributed by atoms with Crippen LogP contribution in [-0.4, -0.2) is 46.0 Å². The molecule has 1 unspecified atom stereocenters. The lowest BCUT2D eigenvalue weighted by Crippen LogP contribution is -2.38. The number of nitro groups is 1. The highest BCUT2D eigenvalue weighted by atomic mass is 16.6. The van der Waals surface area contributed by atoms with Crippen LogP contribution in [0.2, 0.25) is 0 Å². The van der Waals surface area contributed by atoms with E-state index < -0.39 is 17.1 Å². The van der Waals surface area contributed by atoms with Gasteiger partial charge in [0.15, 0.2) is 0 Å². The van der Waals surface area contributed by atoms with Gasteiger partial charge in [0.05, 0.1) is 30.3 Å². The van der Waals surface area contributed by atoms with Gasteiger partial charge in [-0.05, 0) is 17.7 Å². The molecule has 0 saturated carbocycles. The molecular weight excluding hydrogens is 240 g/mol. The first-order valence-electron chi connectivity index (χ1n) is 5.46. The summed E-state index contributed by atoms with van der Waals surface area (Å²) in [6, 6.07) is 5.08. The first kappa shape index (κ1) is 14.5. The number of nitrogens with zero attached hydrogens (tertiary/aromatic N) is 1. The molecule has 0 aliphatic heterocycles. The van der Waals surface area contributed by atoms with E-state index in [2.05, 4.69) is 5.32 Å². The predicted octanol–water partition coefficient (Wildman–Crippen LogP) is -0.429. The van der Waals surface area contributed by atoms with Crippen molar-refractivity contribution in [2.24, 2.45) is 0 Å². The molecule has 0 fully saturated rings. The van der Waals surface area contributed by atoms with Crippen LogP contribution in [0.4, 0.5) is 5.69 Å². The third kappa shape index (κ3) is 4.04. The van der Waals surface area contributed by atoms with Crippen LogP contribution in [-0.2, 0) is 0 Å². The van der Waals surface area contributed by atoms with E-state index in [0.717, 1.165) is 0 Å². The SMILES string of the molecule is O=[N+]([O-])c1ccc(C(O)CNC(CO)CO)cc1. The van der Waals surface area contributed by atoms with Gasteiger partial charge in [-0.25, -0.2) is 0 Å². The van der Waals surface area contributed by atoms with Gasteiger partial charge < -0.3 is 20.6 Å². The van der Waals surface area contributed by atoms with Crippen molar-refractivity contribution < 1.29 is 20.2 Å². The fourth-order valence-corrected chi connectivity index (χ4v) is 1.40. The highest BCUT2D eigenvalue weighted by molar-refractivity contribution is 5.33. The average Bonchev–Trinajstić information content (AvgIpc) is 2.39. The van der Waals surface area contributed by atoms with Crippen LogP contribution in [0.25, 0.3) is 0 Å². The summed E-state index contributed by atoms with van der Waals surface area (Å²) in [4.78, 5) is 9.94. The van der Waals surface area contributed by atoms with E-state index in [0.29, 0.717) is 5.56 Å². The van der Waals surface area contributed by atoms with E-state index in [4.69, 9.17) is 10.2 Å². The highest BCUT2D eigenvalue weighted by Crippen LogP contribution is 2.17. The van der Waals surface area contributed by atoms with E-state index >= 15 is 0 Å². The molecule has 18 heavy (non-hydrogen) atoms. The normalized spacial score (nSPS) is 12.7. The zero-order valence-corrected chi connectivity index (χ0v) is 9.69. The van der Waals surface area contributed by atoms with Gasteiger partial charge in [0, 0.05) is 18.7 Å². The smallest absolute Gasteiger partial charge is 0.269 e. The quantitative estimate of drug-likeness (QED) is 0.388. The van der Waals surface area contributed by atoms with Crippen molar-refractivity contribution in [3.8, 4) is 0 Å². The molecule has 0 amide bonds. The number of aliphatic hydroxyl groups is 3. The van der Waals surface area contributed by atoms with Crippen molar-refractivity contribution in [2.75, 3.05) is 19.8 Å². The predicted molar refractivity (Wildman–Crippen MR) is 64.0 cm³/mol. The monoisotopic (exact) mass is 256 g/mol. The number of nitro benzene ring substituents is 1. The standard InChI is InChI=1S/C11H16N2O5/c14-6-9(7-15)12-5-11(16)8-1-3-10(4-2-8)13(17)18/h1-4,9,11-12,14-16H,5-7H2. The summed E-state index contributed by atoms with van der Waals surface area (Å²) in [5.41, 5.74) is 0.491. The molecule has 0 radical (unpaired) electrons. The molecule has 1 rings (SSSR count). The molecule has 0 aliphatic carbocycles. The Bertz CT molecular complexity index is 378. The van der Waals surface area contributed by atoms with Crippen LogP contribution < -0.4 is 5.32 Å². The second kappa shape index (κ2) is 7.02. The average molecular weight is 256 g/mol. The summed E-state index contributed by atoms with van der Waals surface area (Å²) >= 11 is 0. The largest absolute Gasteiger partial charge is 0.395 e. The molecule has 0 bridgehead atoms. The molecule has 7 nitrogen and oxygen atoms in total. The molecule has 0 aromatic heterocycles. The number of nitrogens with one attached hydrogen (secondary N) is 1. The lowest BCUT2D eigenvalue weighted by atomic mass is 10.1. The van der Waals surface area contributed by atoms with Crippen molar-refractivity contribution in [2.45, 2.75) is 12.1 Å². The highest BCUT2D eigenvalue weighted by Gasteiger charge is 2.12. The molecule has 100 valence electrons. The zero-order valence-electron chi connectivity index (χ0n) is 9.69. The minimum absolute atomic E-state index is 0.0393. The van der Waals surface area contributed by atoms with Gasteiger partial charge in [-0.2, -0.15) is 0 Å². The molecule has 7 heteroatoms. The number of hydrogen-bond donors (Lipinski definition) is 4. The van der Waals surface area contributed by atoms with Crippen molar-refractivity contribution in [1.29, 1.82) is 0 Å². The van der Waals surface area contributed by atoms with E-state index in [1.807, 2.05) is 0 Å². The van der Waals surface area contributed by atoms with Crippen LogP contribution in [0.1, 0.15) is 11.7 Å². The van der Waals surface area contributed by atoms with E-state index in [-0.39, 0.29) is 25.4 Å². The Balaban J connectivity index is 2.56. The summed E-state index contributed by atoms with van der Waals surface area (Å²) in [6.07, 6.45) is -0.855. The number of aliphatic hydroxyl groups excluding tert-OH is 3. The zero-order chi connectivity index (χ0) is 13.5. The van der Waals surface area contributed by atoms with Crippen LogP contribution in [0.15, 0.2) is 24.3 Å². The topological polar surface area (TPSA) is 116 Å². The van der Waals surface area contributed by atoms with E-state index in [1.54, 1.807) is 0 Å². The molecule has 1 aromatic rings. The minimum Gasteiger partial charge on any atom is -0.395 e. The molecule has 0 aliphatic rings. The maximum absolute atomic E-state index is 10.4. The van der Waals surface area contributed by atoms with Crippen molar-refractivity contribution in [3.63, 3.8) is 0 Å². The summed E-state index contributed by atoms with van der Waals surface area (Å²) in [7, 11) is 0. The lowest BCUT2D eigenvalue weighted by Gasteiger charge is -2.17. The van der Waals surface area contributed by atoms with Crippen LogP contribution in [0, 0.1) is 10.1 Å². The lowest BCUT2D eigenvalue weighted by molar-refractivity contribution is -0.384. The first-order valence-corrected chi connectivity index (χ1v) is 5.46. The minimum atomic E-state index is -0.855. The molecule has 0 saturated heterocycles. The Morgan fingerprint density at radius 2 is 1.78 bits per heavy atom. The third-order valence-electron chi connectivity index (χ3n) is 2.53. The number of rotatable bonds is 7. The van der Waals surface area contributed by atoms with Gasteiger partial charge in [-0.3, -0.25) is 10.1 Å². The van der Waals surface area contributed by atoms with Crippen LogP contribution in [0.5, 0.6) is 0 Å². The molecular formula is C11H16N2O5. The summed E-state index contributed by atoms with van der Waals surface area (Å²) in [6.45, 7) is -0.323. The van der Waals surface area contributed by atoms with Gasteiger partial charge >= 0.3 is 0 Å². The molecule has 1 aromatic carbocycles. The summed E-state index contributed by atoms with van der Waals surface area (Å²) in [5.74, 6) is 0. The van der Waals surface area contributed by atoms with Crippen molar-refractivity contribution >= 4 is 5.69 Å². The van der Waals surface area contributed by atoms with Crippen molar-refractivity contribution in [1.82, 2.24) is 5.32 Å². The van der Waals surface area contributed by atoms with Gasteiger partial charge in [-0.1, -0.05) is 0 Å². The number of hydrogen-bond acceptors (Lipinski definition) is 6. The van der Waals surface area contributed by atoms with Crippen molar-refractivity contribution in [3.05, 3.63) is 39.9 Å². The van der Waals surface area contributed by atoms with E-state index in [1.165, 1.54) is 24.3 Å². The maximum Gasteiger partial charge on any atom is 0.269 e. The Kier molecular flexibility index (Phi) is 5.66. The fourth-order valence-electron chi connectivity index (χ4n) is 1.40. The van der Waals surface area contributed by atoms with Gasteiger partial charge in [-0.15, -0.1) is 0 Å². The van der Waals surface area contributed by atoms with Crippen LogP contribution in [0.3, 0.4) is 0 Å². The number of benzene rings is 1. The fraction of sp³-hybridized carbons (Fsp3) is 0.455. The van der Waals surface area contributed by atoms with Gasteiger partial charge in [0.2, 0.25) is 0 Å². The molecule has 1 atom stereocenters. The van der Waals surface area contributed by atoms with Gasteiger partial charge in [0.1, 0.15) is 0 Å². The molecule has 0 spiro atoms. The van der Waals surface area contributed by atoms with E-state index in [9.17, 15) is 15.2 Å². The third-order valence-corrected chi connectivity index (χ3v) is 2.53. The first-order chi connectivity index (χ1) is 8.58. The Morgan fingerprint density at radius 1 is 1.22 bits per heavy atom. The Labute approximate surface area is 104 Å². The molecule has 0 heterocycles.